The summed E-state index contributed by atoms with van der Waals surface area (Å²) in [5, 5.41) is 8.43. The topological polar surface area (TPSA) is 116 Å². The Hall–Kier alpha value is -2.82. The molecule has 1 heterocycles. The van der Waals surface area contributed by atoms with E-state index >= 15 is 0 Å². The quantitative estimate of drug-likeness (QED) is 0.569. The largest absolute Gasteiger partial charge is 0.497 e. The van der Waals surface area contributed by atoms with Gasteiger partial charge in [-0.25, -0.2) is 18.5 Å². The summed E-state index contributed by atoms with van der Waals surface area (Å²) in [6.07, 6.45) is 3.48. The van der Waals surface area contributed by atoms with Gasteiger partial charge in [-0.3, -0.25) is 9.36 Å². The van der Waals surface area contributed by atoms with Crippen molar-refractivity contribution in [2.45, 2.75) is 10.1 Å². The zero-order chi connectivity index (χ0) is 20.1. The van der Waals surface area contributed by atoms with Crippen LogP contribution < -0.4 is 15.2 Å². The van der Waals surface area contributed by atoms with Crippen LogP contribution in [0.5, 0.6) is 5.75 Å². The number of carbonyl (C=O) groups excluding carboxylic acids is 1. The van der Waals surface area contributed by atoms with Gasteiger partial charge in [0.1, 0.15) is 5.75 Å². The zero-order valence-electron chi connectivity index (χ0n) is 14.9. The number of hydrogen-bond donors (Lipinski definition) is 2. The van der Waals surface area contributed by atoms with Crippen molar-refractivity contribution in [3.63, 3.8) is 0 Å². The van der Waals surface area contributed by atoms with E-state index in [0.717, 1.165) is 11.4 Å². The van der Waals surface area contributed by atoms with Gasteiger partial charge < -0.3 is 10.1 Å². The lowest BCUT2D eigenvalue weighted by Gasteiger charge is -2.09. The Labute approximate surface area is 166 Å². The molecule has 2 aromatic carbocycles. The van der Waals surface area contributed by atoms with E-state index in [1.54, 1.807) is 13.3 Å². The second-order valence-electron chi connectivity index (χ2n) is 5.68. The summed E-state index contributed by atoms with van der Waals surface area (Å²) in [6, 6.07) is 13.2. The van der Waals surface area contributed by atoms with E-state index < -0.39 is 10.0 Å². The Kier molecular flexibility index (Phi) is 6.02. The number of sulfonamides is 1. The lowest BCUT2D eigenvalue weighted by Crippen LogP contribution is -2.15. The van der Waals surface area contributed by atoms with Gasteiger partial charge in [-0.15, -0.1) is 0 Å². The van der Waals surface area contributed by atoms with Gasteiger partial charge in [-0.05, 0) is 48.5 Å². The van der Waals surface area contributed by atoms with Gasteiger partial charge in [0.2, 0.25) is 15.9 Å². The number of primary sulfonamides is 1. The highest BCUT2D eigenvalue weighted by Gasteiger charge is 2.11. The highest BCUT2D eigenvalue weighted by molar-refractivity contribution is 7.99. The molecule has 0 aliphatic heterocycles. The van der Waals surface area contributed by atoms with Crippen molar-refractivity contribution in [2.24, 2.45) is 5.14 Å². The van der Waals surface area contributed by atoms with Crippen LogP contribution in [0.2, 0.25) is 0 Å². The molecule has 28 heavy (non-hydrogen) atoms. The number of aromatic nitrogens is 2. The number of amides is 1. The molecule has 0 bridgehead atoms. The van der Waals surface area contributed by atoms with Gasteiger partial charge in [0, 0.05) is 23.8 Å². The van der Waals surface area contributed by atoms with Crippen molar-refractivity contribution in [3.05, 3.63) is 60.9 Å². The average molecular weight is 419 g/mol. The normalized spacial score (nSPS) is 11.2. The van der Waals surface area contributed by atoms with Crippen molar-refractivity contribution in [1.82, 2.24) is 9.55 Å². The number of thioether (sulfide) groups is 1. The molecular formula is C18H18N4O4S2. The van der Waals surface area contributed by atoms with Gasteiger partial charge in [0.15, 0.2) is 5.16 Å². The fourth-order valence-corrected chi connectivity index (χ4v) is 3.68. The van der Waals surface area contributed by atoms with E-state index in [2.05, 4.69) is 10.3 Å². The Bertz CT molecular complexity index is 1060. The first-order valence-corrected chi connectivity index (χ1v) is 10.6. The maximum Gasteiger partial charge on any atom is 0.238 e. The number of nitrogens with two attached hydrogens (primary N) is 1. The number of carbonyl (C=O) groups is 1. The number of nitrogens with zero attached hydrogens (tertiary/aromatic N) is 2. The van der Waals surface area contributed by atoms with Crippen LogP contribution in [0.3, 0.4) is 0 Å². The number of benzene rings is 2. The number of methoxy groups -OCH3 is 1. The molecule has 0 atom stereocenters. The van der Waals surface area contributed by atoms with Crippen molar-refractivity contribution >= 4 is 33.4 Å². The van der Waals surface area contributed by atoms with E-state index in [9.17, 15) is 13.2 Å². The molecule has 0 radical (unpaired) electrons. The van der Waals surface area contributed by atoms with E-state index in [1.807, 2.05) is 35.0 Å². The Morgan fingerprint density at radius 2 is 1.86 bits per heavy atom. The summed E-state index contributed by atoms with van der Waals surface area (Å²) in [6.45, 7) is 0. The molecule has 0 fully saturated rings. The monoisotopic (exact) mass is 418 g/mol. The molecule has 3 aromatic rings. The van der Waals surface area contributed by atoms with Crippen molar-refractivity contribution < 1.29 is 17.9 Å². The van der Waals surface area contributed by atoms with Crippen LogP contribution in [0.4, 0.5) is 5.69 Å². The minimum Gasteiger partial charge on any atom is -0.497 e. The molecule has 1 aromatic heterocycles. The Balaban J connectivity index is 1.61. The molecule has 0 unspecified atom stereocenters. The lowest BCUT2D eigenvalue weighted by molar-refractivity contribution is -0.113. The fourth-order valence-electron chi connectivity index (χ4n) is 2.39. The van der Waals surface area contributed by atoms with Crippen LogP contribution in [0, 0.1) is 0 Å². The molecule has 0 saturated heterocycles. The summed E-state index contributed by atoms with van der Waals surface area (Å²) in [4.78, 5) is 16.5. The zero-order valence-corrected chi connectivity index (χ0v) is 16.5. The molecular weight excluding hydrogens is 400 g/mol. The SMILES string of the molecule is COc1ccc(-n2ccnc2SCC(=O)Nc2ccc(S(N)(=O)=O)cc2)cc1. The van der Waals surface area contributed by atoms with Crippen LogP contribution >= 0.6 is 11.8 Å². The van der Waals surface area contributed by atoms with Crippen molar-refractivity contribution in [3.8, 4) is 11.4 Å². The third kappa shape index (κ3) is 4.91. The third-order valence-corrected chi connectivity index (χ3v) is 5.65. The van der Waals surface area contributed by atoms with Crippen LogP contribution in [0.1, 0.15) is 0 Å². The molecule has 3 rings (SSSR count). The number of ether oxygens (including phenoxy) is 1. The second kappa shape index (κ2) is 8.46. The number of imidazole rings is 1. The standard InChI is InChI=1S/C18H18N4O4S2/c1-26-15-6-4-14(5-7-15)22-11-10-20-18(22)27-12-17(23)21-13-2-8-16(9-3-13)28(19,24)25/h2-11H,12H2,1H3,(H,21,23)(H2,19,24,25). The highest BCUT2D eigenvalue weighted by atomic mass is 32.2. The van der Waals surface area contributed by atoms with Crippen LogP contribution in [0.15, 0.2) is 71.0 Å². The van der Waals surface area contributed by atoms with E-state index in [4.69, 9.17) is 9.88 Å². The first-order valence-electron chi connectivity index (χ1n) is 8.10. The molecule has 0 spiro atoms. The van der Waals surface area contributed by atoms with Crippen molar-refractivity contribution in [2.75, 3.05) is 18.2 Å². The van der Waals surface area contributed by atoms with Gasteiger partial charge in [-0.2, -0.15) is 0 Å². The molecule has 146 valence electrons. The minimum absolute atomic E-state index is 0.0126. The summed E-state index contributed by atoms with van der Waals surface area (Å²) in [5.74, 6) is 0.660. The van der Waals surface area contributed by atoms with Crippen LogP contribution in [-0.2, 0) is 14.8 Å². The fraction of sp³-hybridized carbons (Fsp3) is 0.111. The number of hydrogen-bond acceptors (Lipinski definition) is 6. The second-order valence-corrected chi connectivity index (χ2v) is 8.19. The van der Waals surface area contributed by atoms with Crippen LogP contribution in [0.25, 0.3) is 5.69 Å². The van der Waals surface area contributed by atoms with Gasteiger partial charge in [-0.1, -0.05) is 11.8 Å². The average Bonchev–Trinajstić information content (AvgIpc) is 3.15. The van der Waals surface area contributed by atoms with Gasteiger partial charge >= 0.3 is 0 Å². The van der Waals surface area contributed by atoms with E-state index in [0.29, 0.717) is 10.8 Å². The molecule has 3 N–H and O–H groups in total. The molecule has 0 aliphatic rings. The summed E-state index contributed by atoms with van der Waals surface area (Å²) in [5.41, 5.74) is 1.39. The molecule has 0 saturated carbocycles. The van der Waals surface area contributed by atoms with E-state index in [1.165, 1.54) is 36.0 Å². The first-order chi connectivity index (χ1) is 13.4. The molecule has 8 nitrogen and oxygen atoms in total. The first kappa shape index (κ1) is 19.9. The number of anilines is 1. The lowest BCUT2D eigenvalue weighted by atomic mass is 10.3. The molecule has 10 heteroatoms. The minimum atomic E-state index is -3.76. The maximum atomic E-state index is 12.2. The van der Waals surface area contributed by atoms with E-state index in [-0.39, 0.29) is 16.6 Å². The van der Waals surface area contributed by atoms with Gasteiger partial charge in [0.25, 0.3) is 0 Å². The number of nitrogens with one attached hydrogen (secondary N) is 1. The smallest absolute Gasteiger partial charge is 0.238 e. The maximum absolute atomic E-state index is 12.2. The van der Waals surface area contributed by atoms with Gasteiger partial charge in [0.05, 0.1) is 17.8 Å². The third-order valence-electron chi connectivity index (χ3n) is 3.76. The Morgan fingerprint density at radius 1 is 1.18 bits per heavy atom. The van der Waals surface area contributed by atoms with Crippen LogP contribution in [-0.4, -0.2) is 36.7 Å². The predicted molar refractivity (Wildman–Crippen MR) is 107 cm³/mol. The Morgan fingerprint density at radius 3 is 2.46 bits per heavy atom. The summed E-state index contributed by atoms with van der Waals surface area (Å²) >= 11 is 1.29. The summed E-state index contributed by atoms with van der Waals surface area (Å²) in [7, 11) is -2.15. The highest BCUT2D eigenvalue weighted by Crippen LogP contribution is 2.22. The number of rotatable bonds is 7. The predicted octanol–water partition coefficient (Wildman–Crippen LogP) is 2.26. The molecule has 1 amide bonds. The van der Waals surface area contributed by atoms with Crippen molar-refractivity contribution in [1.29, 1.82) is 0 Å². The molecule has 0 aliphatic carbocycles. The summed E-state index contributed by atoms with van der Waals surface area (Å²) < 4.78 is 29.5.